The van der Waals surface area contributed by atoms with Gasteiger partial charge in [-0.05, 0) is 42.7 Å². The molecule has 0 fully saturated rings. The smallest absolute Gasteiger partial charge is 0.337 e. The highest BCUT2D eigenvalue weighted by Crippen LogP contribution is 2.30. The fraction of sp³-hybridized carbons (Fsp3) is 0.238. The van der Waals surface area contributed by atoms with Crippen molar-refractivity contribution >= 4 is 28.9 Å². The molecule has 0 aliphatic carbocycles. The average Bonchev–Trinajstić information content (AvgIpc) is 2.90. The highest BCUT2D eigenvalue weighted by atomic mass is 35.5. The van der Waals surface area contributed by atoms with Crippen LogP contribution in [-0.2, 0) is 12.8 Å². The van der Waals surface area contributed by atoms with Gasteiger partial charge < -0.3 is 9.51 Å². The van der Waals surface area contributed by atoms with E-state index >= 15 is 0 Å². The van der Waals surface area contributed by atoms with Gasteiger partial charge in [0.15, 0.2) is 5.78 Å². The number of rotatable bonds is 6. The van der Waals surface area contributed by atoms with Crippen molar-refractivity contribution in [2.45, 2.75) is 33.1 Å². The summed E-state index contributed by atoms with van der Waals surface area (Å²) in [7, 11) is 0. The first-order chi connectivity index (χ1) is 12.4. The molecular formula is C21H20ClNO3. The van der Waals surface area contributed by atoms with Crippen LogP contribution in [0.3, 0.4) is 0 Å². The van der Waals surface area contributed by atoms with E-state index in [2.05, 4.69) is 6.92 Å². The molecule has 0 unspecified atom stereocenters. The van der Waals surface area contributed by atoms with E-state index in [9.17, 15) is 14.7 Å². The maximum absolute atomic E-state index is 12.4. The quantitative estimate of drug-likeness (QED) is 0.619. The minimum Gasteiger partial charge on any atom is -0.478 e. The maximum Gasteiger partial charge on any atom is 0.337 e. The predicted octanol–water partition coefficient (Wildman–Crippen LogP) is 5.04. The first kappa shape index (κ1) is 18.2. The standard InChI is InChI=1S/C21H20ClNO3/c1-3-6-16-19(11-14-7-4-5-8-17(14)22)23-12-15(21(25)26)9-10-18(23)20(16)13(2)24/h4-5,7-10,12H,3,6,11H2,1-2H3,(H,25,26). The number of nitrogens with zero attached hydrogens (tertiary/aromatic N) is 1. The number of benzene rings is 1. The number of fused-ring (bicyclic) bond motifs is 1. The molecule has 0 radical (unpaired) electrons. The Bertz CT molecular complexity index is 1000. The number of carbonyl (C=O) groups is 2. The Labute approximate surface area is 157 Å². The summed E-state index contributed by atoms with van der Waals surface area (Å²) in [5, 5.41) is 10.0. The van der Waals surface area contributed by atoms with Crippen LogP contribution in [0.1, 0.15) is 57.8 Å². The lowest BCUT2D eigenvalue weighted by Crippen LogP contribution is -2.03. The van der Waals surface area contributed by atoms with Crippen LogP contribution in [0.15, 0.2) is 42.6 Å². The lowest BCUT2D eigenvalue weighted by molar-refractivity contribution is 0.0696. The van der Waals surface area contributed by atoms with Crippen LogP contribution < -0.4 is 0 Å². The number of pyridine rings is 1. The van der Waals surface area contributed by atoms with Crippen molar-refractivity contribution in [3.8, 4) is 0 Å². The summed E-state index contributed by atoms with van der Waals surface area (Å²) >= 11 is 6.34. The van der Waals surface area contributed by atoms with E-state index < -0.39 is 5.97 Å². The number of ketones is 1. The van der Waals surface area contributed by atoms with Gasteiger partial charge in [-0.15, -0.1) is 0 Å². The second kappa shape index (κ2) is 7.34. The van der Waals surface area contributed by atoms with Gasteiger partial charge in [0.2, 0.25) is 0 Å². The van der Waals surface area contributed by atoms with E-state index in [1.807, 2.05) is 28.7 Å². The molecule has 26 heavy (non-hydrogen) atoms. The minimum atomic E-state index is -0.995. The Morgan fingerprint density at radius 3 is 2.50 bits per heavy atom. The van der Waals surface area contributed by atoms with Crippen molar-refractivity contribution in [2.75, 3.05) is 0 Å². The molecule has 3 rings (SSSR count). The van der Waals surface area contributed by atoms with E-state index in [0.29, 0.717) is 17.0 Å². The normalized spacial score (nSPS) is 11.0. The van der Waals surface area contributed by atoms with Crippen LogP contribution in [0, 0.1) is 0 Å². The lowest BCUT2D eigenvalue weighted by Gasteiger charge is -2.09. The molecule has 2 heterocycles. The molecule has 5 heteroatoms. The molecule has 2 aromatic heterocycles. The van der Waals surface area contributed by atoms with Crippen LogP contribution >= 0.6 is 11.6 Å². The van der Waals surface area contributed by atoms with Crippen LogP contribution in [0.25, 0.3) is 5.52 Å². The summed E-state index contributed by atoms with van der Waals surface area (Å²) in [5.74, 6) is -1.01. The topological polar surface area (TPSA) is 58.8 Å². The molecule has 3 aromatic rings. The van der Waals surface area contributed by atoms with Crippen LogP contribution in [0.4, 0.5) is 0 Å². The summed E-state index contributed by atoms with van der Waals surface area (Å²) in [6.45, 7) is 3.62. The van der Waals surface area contributed by atoms with Gasteiger partial charge >= 0.3 is 5.97 Å². The van der Waals surface area contributed by atoms with Gasteiger partial charge in [0.25, 0.3) is 0 Å². The number of hydrogen-bond donors (Lipinski definition) is 1. The number of halogens is 1. The second-order valence-corrected chi connectivity index (χ2v) is 6.76. The first-order valence-corrected chi connectivity index (χ1v) is 8.95. The number of hydrogen-bond acceptors (Lipinski definition) is 2. The maximum atomic E-state index is 12.4. The number of aromatic carboxylic acids is 1. The molecule has 1 aromatic carbocycles. The number of carbonyl (C=O) groups excluding carboxylic acids is 1. The summed E-state index contributed by atoms with van der Waals surface area (Å²) in [5.41, 5.74) is 4.44. The van der Waals surface area contributed by atoms with Crippen LogP contribution in [0.2, 0.25) is 5.02 Å². The molecule has 0 amide bonds. The predicted molar refractivity (Wildman–Crippen MR) is 103 cm³/mol. The van der Waals surface area contributed by atoms with E-state index in [4.69, 9.17) is 11.6 Å². The molecule has 0 aliphatic heterocycles. The first-order valence-electron chi connectivity index (χ1n) is 8.57. The number of Topliss-reactive ketones (excluding diaryl/α,β-unsaturated/α-hetero) is 1. The molecule has 0 saturated heterocycles. The largest absolute Gasteiger partial charge is 0.478 e. The SMILES string of the molecule is CCCc1c(C(C)=O)c2ccc(C(=O)O)cn2c1Cc1ccccc1Cl. The average molecular weight is 370 g/mol. The zero-order valence-corrected chi connectivity index (χ0v) is 15.5. The van der Waals surface area contributed by atoms with E-state index in [0.717, 1.165) is 35.2 Å². The van der Waals surface area contributed by atoms with Gasteiger partial charge in [-0.2, -0.15) is 0 Å². The Hall–Kier alpha value is -2.59. The van der Waals surface area contributed by atoms with Crippen LogP contribution in [0.5, 0.6) is 0 Å². The van der Waals surface area contributed by atoms with Gasteiger partial charge in [0.1, 0.15) is 0 Å². The third-order valence-corrected chi connectivity index (χ3v) is 4.93. The molecular weight excluding hydrogens is 350 g/mol. The Kier molecular flexibility index (Phi) is 5.14. The molecule has 0 bridgehead atoms. The van der Waals surface area contributed by atoms with Crippen molar-refractivity contribution in [2.24, 2.45) is 0 Å². The van der Waals surface area contributed by atoms with Gasteiger partial charge in [-0.25, -0.2) is 4.79 Å². The fourth-order valence-electron chi connectivity index (χ4n) is 3.42. The van der Waals surface area contributed by atoms with Gasteiger partial charge in [0.05, 0.1) is 11.1 Å². The molecule has 134 valence electrons. The number of carboxylic acids is 1. The van der Waals surface area contributed by atoms with Gasteiger partial charge in [0, 0.05) is 28.9 Å². The van der Waals surface area contributed by atoms with Gasteiger partial charge in [-0.1, -0.05) is 43.1 Å². The third kappa shape index (κ3) is 3.25. The second-order valence-electron chi connectivity index (χ2n) is 6.35. The van der Waals surface area contributed by atoms with Crippen molar-refractivity contribution in [3.63, 3.8) is 0 Å². The fourth-order valence-corrected chi connectivity index (χ4v) is 3.63. The van der Waals surface area contributed by atoms with Crippen molar-refractivity contribution in [1.82, 2.24) is 4.40 Å². The Morgan fingerprint density at radius 2 is 1.88 bits per heavy atom. The highest BCUT2D eigenvalue weighted by molar-refractivity contribution is 6.31. The zero-order chi connectivity index (χ0) is 18.8. The lowest BCUT2D eigenvalue weighted by atomic mass is 9.98. The minimum absolute atomic E-state index is 0.0144. The van der Waals surface area contributed by atoms with Gasteiger partial charge in [-0.3, -0.25) is 4.79 Å². The number of carboxylic acid groups (broad SMARTS) is 1. The molecule has 0 aliphatic rings. The molecule has 0 spiro atoms. The molecule has 0 saturated carbocycles. The summed E-state index contributed by atoms with van der Waals surface area (Å²) in [6, 6.07) is 10.8. The van der Waals surface area contributed by atoms with Crippen molar-refractivity contribution < 1.29 is 14.7 Å². The Morgan fingerprint density at radius 1 is 1.15 bits per heavy atom. The van der Waals surface area contributed by atoms with Crippen molar-refractivity contribution in [3.05, 3.63) is 75.6 Å². The molecule has 1 N–H and O–H groups in total. The van der Waals surface area contributed by atoms with Crippen molar-refractivity contribution in [1.29, 1.82) is 0 Å². The summed E-state index contributed by atoms with van der Waals surface area (Å²) in [4.78, 5) is 23.8. The zero-order valence-electron chi connectivity index (χ0n) is 14.8. The Balaban J connectivity index is 2.31. The van der Waals surface area contributed by atoms with E-state index in [1.165, 1.54) is 0 Å². The van der Waals surface area contributed by atoms with E-state index in [-0.39, 0.29) is 11.3 Å². The van der Waals surface area contributed by atoms with E-state index in [1.54, 1.807) is 25.3 Å². The third-order valence-electron chi connectivity index (χ3n) is 4.56. The summed E-state index contributed by atoms with van der Waals surface area (Å²) < 4.78 is 1.84. The number of aromatic nitrogens is 1. The van der Waals surface area contributed by atoms with Crippen LogP contribution in [-0.4, -0.2) is 21.3 Å². The highest BCUT2D eigenvalue weighted by Gasteiger charge is 2.22. The monoisotopic (exact) mass is 369 g/mol. The summed E-state index contributed by atoms with van der Waals surface area (Å²) in [6.07, 6.45) is 3.76. The molecule has 0 atom stereocenters. The molecule has 4 nitrogen and oxygen atoms in total.